The van der Waals surface area contributed by atoms with Crippen molar-refractivity contribution in [1.29, 1.82) is 0 Å². The summed E-state index contributed by atoms with van der Waals surface area (Å²) >= 11 is 3.20. The van der Waals surface area contributed by atoms with Crippen molar-refractivity contribution in [1.82, 2.24) is 4.98 Å². The van der Waals surface area contributed by atoms with Crippen molar-refractivity contribution in [2.75, 3.05) is 11.1 Å². The van der Waals surface area contributed by atoms with Crippen LogP contribution in [0.3, 0.4) is 0 Å². The first-order valence-electron chi connectivity index (χ1n) is 5.18. The summed E-state index contributed by atoms with van der Waals surface area (Å²) in [5.41, 5.74) is 5.91. The number of nitrogen functional groups attached to an aromatic ring is 1. The minimum Gasteiger partial charge on any atom is -0.507 e. The molecule has 5 nitrogen and oxygen atoms in total. The number of hydrogen-bond acceptors (Lipinski definition) is 4. The number of aromatic nitrogens is 1. The van der Waals surface area contributed by atoms with E-state index in [1.165, 1.54) is 12.3 Å². The minimum atomic E-state index is -0.624. The highest BCUT2D eigenvalue weighted by atomic mass is 79.9. The van der Waals surface area contributed by atoms with E-state index in [-0.39, 0.29) is 11.4 Å². The summed E-state index contributed by atoms with van der Waals surface area (Å²) < 4.78 is 13.3. The molecule has 1 aromatic heterocycles. The maximum Gasteiger partial charge on any atom is 0.260 e. The number of aromatic hydroxyl groups is 1. The molecule has 0 aliphatic heterocycles. The number of carbonyl (C=O) groups excluding carboxylic acids is 1. The van der Waals surface area contributed by atoms with Gasteiger partial charge in [-0.15, -0.1) is 0 Å². The van der Waals surface area contributed by atoms with E-state index in [0.717, 1.165) is 12.1 Å². The molecular formula is C12H9BrFN3O2. The monoisotopic (exact) mass is 325 g/mol. The standard InChI is InChI=1S/C12H9BrFN3O2/c13-9-4-7(15)5-16-11(9)17-12(19)8-2-1-6(14)3-10(8)18/h1-5,18H,15H2,(H,16,17,19). The van der Waals surface area contributed by atoms with Gasteiger partial charge >= 0.3 is 0 Å². The number of phenolic OH excluding ortho intramolecular Hbond substituents is 1. The maximum absolute atomic E-state index is 12.8. The maximum atomic E-state index is 12.8. The molecule has 19 heavy (non-hydrogen) atoms. The summed E-state index contributed by atoms with van der Waals surface area (Å²) in [4.78, 5) is 15.8. The minimum absolute atomic E-state index is 0.0491. The second kappa shape index (κ2) is 5.23. The smallest absolute Gasteiger partial charge is 0.260 e. The molecule has 1 aromatic carbocycles. The number of nitrogens with one attached hydrogen (secondary N) is 1. The zero-order valence-corrected chi connectivity index (χ0v) is 11.1. The molecule has 4 N–H and O–H groups in total. The number of benzene rings is 1. The normalized spacial score (nSPS) is 10.2. The zero-order chi connectivity index (χ0) is 14.0. The van der Waals surface area contributed by atoms with Gasteiger partial charge in [-0.05, 0) is 34.1 Å². The second-order valence-electron chi connectivity index (χ2n) is 3.71. The summed E-state index contributed by atoms with van der Waals surface area (Å²) in [7, 11) is 0. The van der Waals surface area contributed by atoms with Crippen molar-refractivity contribution in [3.05, 3.63) is 46.3 Å². The molecule has 0 saturated carbocycles. The van der Waals surface area contributed by atoms with Crippen molar-refractivity contribution in [2.24, 2.45) is 0 Å². The number of rotatable bonds is 2. The van der Waals surface area contributed by atoms with Gasteiger partial charge in [-0.3, -0.25) is 4.79 Å². The van der Waals surface area contributed by atoms with Crippen LogP contribution < -0.4 is 11.1 Å². The number of amides is 1. The van der Waals surface area contributed by atoms with Crippen molar-refractivity contribution < 1.29 is 14.3 Å². The summed E-state index contributed by atoms with van der Waals surface area (Å²) in [6.45, 7) is 0. The summed E-state index contributed by atoms with van der Waals surface area (Å²) in [5, 5.41) is 12.0. The molecule has 0 bridgehead atoms. The summed E-state index contributed by atoms with van der Waals surface area (Å²) in [6, 6.07) is 4.71. The number of carbonyl (C=O) groups is 1. The van der Waals surface area contributed by atoms with Crippen molar-refractivity contribution in [3.8, 4) is 5.75 Å². The van der Waals surface area contributed by atoms with Gasteiger partial charge in [0.2, 0.25) is 0 Å². The average Bonchev–Trinajstić information content (AvgIpc) is 2.32. The molecule has 0 atom stereocenters. The molecule has 2 rings (SSSR count). The van der Waals surface area contributed by atoms with Crippen molar-refractivity contribution in [2.45, 2.75) is 0 Å². The highest BCUT2D eigenvalue weighted by Gasteiger charge is 2.14. The molecule has 0 fully saturated rings. The predicted molar refractivity (Wildman–Crippen MR) is 72.4 cm³/mol. The fourth-order valence-electron chi connectivity index (χ4n) is 1.42. The van der Waals surface area contributed by atoms with Crippen LogP contribution >= 0.6 is 15.9 Å². The Labute approximate surface area is 116 Å². The summed E-state index contributed by atoms with van der Waals surface area (Å²) in [5.74, 6) is -1.41. The van der Waals surface area contributed by atoms with Gasteiger partial charge in [-0.1, -0.05) is 0 Å². The van der Waals surface area contributed by atoms with Crippen LogP contribution in [0.1, 0.15) is 10.4 Å². The molecule has 0 aliphatic carbocycles. The Morgan fingerprint density at radius 2 is 2.16 bits per heavy atom. The van der Waals surface area contributed by atoms with Crippen LogP contribution in [0.15, 0.2) is 34.9 Å². The van der Waals surface area contributed by atoms with Crippen LogP contribution in [0.4, 0.5) is 15.9 Å². The van der Waals surface area contributed by atoms with Crippen LogP contribution in [0, 0.1) is 5.82 Å². The molecule has 1 heterocycles. The molecule has 0 radical (unpaired) electrons. The van der Waals surface area contributed by atoms with Gasteiger partial charge in [-0.2, -0.15) is 0 Å². The van der Waals surface area contributed by atoms with Crippen molar-refractivity contribution >= 4 is 33.3 Å². The van der Waals surface area contributed by atoms with E-state index >= 15 is 0 Å². The van der Waals surface area contributed by atoms with Gasteiger partial charge in [0.05, 0.1) is 21.9 Å². The molecule has 2 aromatic rings. The van der Waals surface area contributed by atoms with Crippen LogP contribution in [0.2, 0.25) is 0 Å². The first-order chi connectivity index (χ1) is 8.97. The fraction of sp³-hybridized carbons (Fsp3) is 0. The highest BCUT2D eigenvalue weighted by Crippen LogP contribution is 2.24. The molecule has 0 aliphatic rings. The lowest BCUT2D eigenvalue weighted by molar-refractivity contribution is 0.102. The van der Waals surface area contributed by atoms with E-state index in [9.17, 15) is 14.3 Å². The largest absolute Gasteiger partial charge is 0.507 e. The zero-order valence-electron chi connectivity index (χ0n) is 9.52. The molecule has 1 amide bonds. The van der Waals surface area contributed by atoms with E-state index in [1.54, 1.807) is 6.07 Å². The van der Waals surface area contributed by atoms with E-state index in [1.807, 2.05) is 0 Å². The predicted octanol–water partition coefficient (Wildman–Crippen LogP) is 2.52. The Morgan fingerprint density at radius 1 is 1.42 bits per heavy atom. The molecule has 0 spiro atoms. The number of phenols is 1. The van der Waals surface area contributed by atoms with E-state index < -0.39 is 17.5 Å². The first-order valence-corrected chi connectivity index (χ1v) is 5.97. The third-order valence-electron chi connectivity index (χ3n) is 2.30. The second-order valence-corrected chi connectivity index (χ2v) is 4.57. The topological polar surface area (TPSA) is 88.2 Å². The lowest BCUT2D eigenvalue weighted by atomic mass is 10.2. The van der Waals surface area contributed by atoms with Crippen LogP contribution in [0.25, 0.3) is 0 Å². The average molecular weight is 326 g/mol. The van der Waals surface area contributed by atoms with E-state index in [2.05, 4.69) is 26.2 Å². The van der Waals surface area contributed by atoms with Crippen molar-refractivity contribution in [3.63, 3.8) is 0 Å². The van der Waals surface area contributed by atoms with Gasteiger partial charge in [-0.25, -0.2) is 9.37 Å². The van der Waals surface area contributed by atoms with Crippen LogP contribution in [-0.4, -0.2) is 16.0 Å². The van der Waals surface area contributed by atoms with Gasteiger partial charge < -0.3 is 16.2 Å². The number of pyridine rings is 1. The third kappa shape index (κ3) is 3.00. The lowest BCUT2D eigenvalue weighted by Gasteiger charge is -2.08. The quantitative estimate of drug-likeness (QED) is 0.791. The Kier molecular flexibility index (Phi) is 3.66. The van der Waals surface area contributed by atoms with E-state index in [4.69, 9.17) is 5.73 Å². The van der Waals surface area contributed by atoms with Gasteiger partial charge in [0.15, 0.2) is 0 Å². The Bertz CT molecular complexity index is 649. The number of anilines is 2. The molecule has 0 saturated heterocycles. The Morgan fingerprint density at radius 3 is 2.79 bits per heavy atom. The van der Waals surface area contributed by atoms with E-state index in [0.29, 0.717) is 10.2 Å². The van der Waals surface area contributed by atoms with Gasteiger partial charge in [0, 0.05) is 6.07 Å². The number of hydrogen-bond donors (Lipinski definition) is 3. The molecule has 7 heteroatoms. The Hall–Kier alpha value is -2.15. The summed E-state index contributed by atoms with van der Waals surface area (Å²) in [6.07, 6.45) is 1.38. The SMILES string of the molecule is Nc1cnc(NC(=O)c2ccc(F)cc2O)c(Br)c1. The Balaban J connectivity index is 2.25. The first kappa shape index (κ1) is 13.3. The lowest BCUT2D eigenvalue weighted by Crippen LogP contribution is -2.13. The number of halogens is 2. The molecule has 0 unspecified atom stereocenters. The molecule has 98 valence electrons. The van der Waals surface area contributed by atoms with Gasteiger partial charge in [0.25, 0.3) is 5.91 Å². The molecular weight excluding hydrogens is 317 g/mol. The highest BCUT2D eigenvalue weighted by molar-refractivity contribution is 9.10. The third-order valence-corrected chi connectivity index (χ3v) is 2.90. The number of nitrogens with two attached hydrogens (primary N) is 1. The van der Waals surface area contributed by atoms with Crippen LogP contribution in [0.5, 0.6) is 5.75 Å². The van der Waals surface area contributed by atoms with Crippen LogP contribution in [-0.2, 0) is 0 Å². The van der Waals surface area contributed by atoms with Gasteiger partial charge in [0.1, 0.15) is 17.4 Å². The fourth-order valence-corrected chi connectivity index (χ4v) is 1.88. The number of nitrogens with zero attached hydrogens (tertiary/aromatic N) is 1.